The lowest BCUT2D eigenvalue weighted by atomic mass is 10.2. The molecule has 0 aliphatic carbocycles. The number of nitrogen functional groups attached to an aromatic ring is 1. The highest BCUT2D eigenvalue weighted by atomic mass is 79.9. The van der Waals surface area contributed by atoms with Crippen LogP contribution in [0.15, 0.2) is 10.7 Å². The molecule has 0 saturated heterocycles. The van der Waals surface area contributed by atoms with Crippen LogP contribution in [0.25, 0.3) is 0 Å². The first-order valence-corrected chi connectivity index (χ1v) is 4.08. The smallest absolute Gasteiger partial charge is 0.268 e. The summed E-state index contributed by atoms with van der Waals surface area (Å²) in [7, 11) is 0. The van der Waals surface area contributed by atoms with Gasteiger partial charge in [-0.3, -0.25) is 0 Å². The molecule has 1 rings (SSSR count). The molecule has 6 heteroatoms. The maximum Gasteiger partial charge on any atom is 0.268 e. The van der Waals surface area contributed by atoms with E-state index in [4.69, 9.17) is 17.3 Å². The van der Waals surface area contributed by atoms with Crippen LogP contribution in [0.3, 0.4) is 0 Å². The van der Waals surface area contributed by atoms with Crippen LogP contribution in [0.1, 0.15) is 12.0 Å². The van der Waals surface area contributed by atoms with Crippen molar-refractivity contribution in [2.75, 3.05) is 5.73 Å². The third-order valence-electron chi connectivity index (χ3n) is 1.26. The summed E-state index contributed by atoms with van der Waals surface area (Å²) >= 11 is 8.51. The van der Waals surface area contributed by atoms with Crippen molar-refractivity contribution in [3.8, 4) is 0 Å². The molecule has 0 bridgehead atoms. The third-order valence-corrected chi connectivity index (χ3v) is 2.49. The van der Waals surface area contributed by atoms with E-state index in [2.05, 4.69) is 20.9 Å². The molecule has 0 saturated carbocycles. The van der Waals surface area contributed by atoms with Crippen LogP contribution in [-0.4, -0.2) is 4.98 Å². The predicted molar refractivity (Wildman–Crippen MR) is 46.3 cm³/mol. The van der Waals surface area contributed by atoms with Gasteiger partial charge < -0.3 is 5.73 Å². The van der Waals surface area contributed by atoms with Gasteiger partial charge in [0.2, 0.25) is 0 Å². The van der Waals surface area contributed by atoms with E-state index in [0.717, 1.165) is 0 Å². The van der Waals surface area contributed by atoms with Crippen molar-refractivity contribution in [3.05, 3.63) is 21.3 Å². The Kier molecular flexibility index (Phi) is 2.85. The Labute approximate surface area is 80.9 Å². The molecule has 66 valence electrons. The van der Waals surface area contributed by atoms with E-state index < -0.39 is 12.0 Å². The molecule has 1 aromatic rings. The molecule has 0 fully saturated rings. The van der Waals surface area contributed by atoms with Crippen molar-refractivity contribution in [3.63, 3.8) is 0 Å². The largest absolute Gasteiger partial charge is 0.383 e. The average molecular weight is 257 g/mol. The van der Waals surface area contributed by atoms with Gasteiger partial charge in [-0.2, -0.15) is 0 Å². The second-order valence-corrected chi connectivity index (χ2v) is 3.25. The summed E-state index contributed by atoms with van der Waals surface area (Å²) < 4.78 is 24.8. The molecule has 1 heterocycles. The lowest BCUT2D eigenvalue weighted by Gasteiger charge is -2.06. The number of halogens is 4. The van der Waals surface area contributed by atoms with Crippen LogP contribution in [0.2, 0.25) is 5.02 Å². The zero-order chi connectivity index (χ0) is 9.30. The van der Waals surface area contributed by atoms with Gasteiger partial charge in [0.05, 0.1) is 15.1 Å². The minimum absolute atomic E-state index is 0.0856. The number of rotatable bonds is 1. The van der Waals surface area contributed by atoms with Gasteiger partial charge in [-0.05, 0) is 15.9 Å². The number of anilines is 1. The number of hydrogen-bond donors (Lipinski definition) is 1. The maximum absolute atomic E-state index is 12.2. The quantitative estimate of drug-likeness (QED) is 0.840. The van der Waals surface area contributed by atoms with Crippen molar-refractivity contribution < 1.29 is 8.78 Å². The molecular weight excluding hydrogens is 253 g/mol. The molecule has 0 spiro atoms. The maximum atomic E-state index is 12.2. The first-order chi connectivity index (χ1) is 5.54. The summed E-state index contributed by atoms with van der Waals surface area (Å²) in [6.45, 7) is 0. The van der Waals surface area contributed by atoms with Gasteiger partial charge in [0.15, 0.2) is 0 Å². The topological polar surface area (TPSA) is 38.9 Å². The minimum atomic E-state index is -2.71. The number of nitrogens with two attached hydrogens (primary N) is 1. The molecule has 12 heavy (non-hydrogen) atoms. The van der Waals surface area contributed by atoms with E-state index >= 15 is 0 Å². The summed E-state index contributed by atoms with van der Waals surface area (Å²) in [6, 6.07) is 0. The lowest BCUT2D eigenvalue weighted by Crippen LogP contribution is -1.99. The van der Waals surface area contributed by atoms with Gasteiger partial charge in [0, 0.05) is 6.20 Å². The van der Waals surface area contributed by atoms with Gasteiger partial charge in [0.25, 0.3) is 6.43 Å². The third kappa shape index (κ3) is 1.67. The summed E-state index contributed by atoms with van der Waals surface area (Å²) in [5.41, 5.74) is 4.77. The zero-order valence-corrected chi connectivity index (χ0v) is 8.03. The Morgan fingerprint density at radius 3 is 2.58 bits per heavy atom. The van der Waals surface area contributed by atoms with Crippen LogP contribution < -0.4 is 5.73 Å². The van der Waals surface area contributed by atoms with E-state index in [1.54, 1.807) is 0 Å². The van der Waals surface area contributed by atoms with Crippen LogP contribution in [0, 0.1) is 0 Å². The molecule has 0 amide bonds. The summed E-state index contributed by atoms with van der Waals surface area (Å²) in [5.74, 6) is -0.238. The van der Waals surface area contributed by atoms with Crippen LogP contribution >= 0.6 is 27.5 Å². The fraction of sp³-hybridized carbons (Fsp3) is 0.167. The van der Waals surface area contributed by atoms with E-state index in [0.29, 0.717) is 4.47 Å². The Morgan fingerprint density at radius 1 is 1.58 bits per heavy atom. The first-order valence-electron chi connectivity index (χ1n) is 2.91. The Hall–Kier alpha value is -0.420. The van der Waals surface area contributed by atoms with Crippen LogP contribution in [0.5, 0.6) is 0 Å². The van der Waals surface area contributed by atoms with E-state index in [9.17, 15) is 8.78 Å². The predicted octanol–water partition coefficient (Wildman–Crippen LogP) is 3.02. The monoisotopic (exact) mass is 256 g/mol. The van der Waals surface area contributed by atoms with Gasteiger partial charge in [-0.1, -0.05) is 11.6 Å². The molecule has 0 unspecified atom stereocenters. The minimum Gasteiger partial charge on any atom is -0.383 e. The Balaban J connectivity index is 3.33. The van der Waals surface area contributed by atoms with E-state index in [1.165, 1.54) is 6.20 Å². The molecule has 2 N–H and O–H groups in total. The summed E-state index contributed by atoms with van der Waals surface area (Å²) in [6.07, 6.45) is -1.42. The molecule has 0 aliphatic rings. The molecule has 0 atom stereocenters. The molecule has 0 radical (unpaired) electrons. The van der Waals surface area contributed by atoms with Gasteiger partial charge in [0.1, 0.15) is 5.82 Å². The Bertz CT molecular complexity index is 306. The fourth-order valence-electron chi connectivity index (χ4n) is 0.701. The van der Waals surface area contributed by atoms with Crippen molar-refractivity contribution in [2.45, 2.75) is 6.43 Å². The highest BCUT2D eigenvalue weighted by Gasteiger charge is 2.18. The van der Waals surface area contributed by atoms with E-state index in [-0.39, 0.29) is 10.8 Å². The number of pyridine rings is 1. The highest BCUT2D eigenvalue weighted by molar-refractivity contribution is 9.10. The van der Waals surface area contributed by atoms with Crippen LogP contribution in [-0.2, 0) is 0 Å². The molecule has 2 nitrogen and oxygen atoms in total. The van der Waals surface area contributed by atoms with Crippen molar-refractivity contribution in [1.82, 2.24) is 4.98 Å². The highest BCUT2D eigenvalue weighted by Crippen LogP contribution is 2.35. The van der Waals surface area contributed by atoms with Crippen LogP contribution in [0.4, 0.5) is 14.6 Å². The molecule has 0 aromatic carbocycles. The number of alkyl halides is 2. The van der Waals surface area contributed by atoms with Gasteiger partial charge in [-0.25, -0.2) is 13.8 Å². The number of hydrogen-bond acceptors (Lipinski definition) is 2. The van der Waals surface area contributed by atoms with Gasteiger partial charge in [-0.15, -0.1) is 0 Å². The normalized spacial score (nSPS) is 10.8. The SMILES string of the molecule is Nc1ncc(Br)c(Cl)c1C(F)F. The number of aromatic nitrogens is 1. The molecular formula is C6H4BrClF2N2. The zero-order valence-electron chi connectivity index (χ0n) is 5.69. The van der Waals surface area contributed by atoms with E-state index in [1.807, 2.05) is 0 Å². The fourth-order valence-corrected chi connectivity index (χ4v) is 1.25. The lowest BCUT2D eigenvalue weighted by molar-refractivity contribution is 0.152. The second-order valence-electron chi connectivity index (χ2n) is 2.02. The average Bonchev–Trinajstić information content (AvgIpc) is 1.97. The first kappa shape index (κ1) is 9.67. The second kappa shape index (κ2) is 3.53. The van der Waals surface area contributed by atoms with Gasteiger partial charge >= 0.3 is 0 Å². The van der Waals surface area contributed by atoms with Crippen molar-refractivity contribution >= 4 is 33.3 Å². The van der Waals surface area contributed by atoms with Crippen molar-refractivity contribution in [2.24, 2.45) is 0 Å². The van der Waals surface area contributed by atoms with Crippen molar-refractivity contribution in [1.29, 1.82) is 0 Å². The molecule has 0 aliphatic heterocycles. The summed E-state index contributed by atoms with van der Waals surface area (Å²) in [5, 5.41) is -0.0856. The summed E-state index contributed by atoms with van der Waals surface area (Å²) in [4.78, 5) is 3.53. The molecule has 1 aromatic heterocycles. The Morgan fingerprint density at radius 2 is 2.17 bits per heavy atom. The standard InChI is InChI=1S/C6H4BrClF2N2/c7-2-1-12-6(11)3(4(2)8)5(9)10/h1,5H,(H2,11,12). The number of nitrogens with zero attached hydrogens (tertiary/aromatic N) is 1.